The van der Waals surface area contributed by atoms with E-state index in [1.807, 2.05) is 18.2 Å². The van der Waals surface area contributed by atoms with Gasteiger partial charge in [0.05, 0.1) is 13.7 Å². The van der Waals surface area contributed by atoms with Crippen molar-refractivity contribution in [3.8, 4) is 5.75 Å². The standard InChI is InChI=1S/C12H17NO2/c1-14-8-9-7-13-12(9)10-5-3-4-6-11(10)15-2/h3-6,9,12-13H,7-8H2,1-2H3. The van der Waals surface area contributed by atoms with Crippen molar-refractivity contribution < 1.29 is 9.47 Å². The zero-order valence-electron chi connectivity index (χ0n) is 9.19. The lowest BCUT2D eigenvalue weighted by molar-refractivity contribution is 0.0873. The van der Waals surface area contributed by atoms with Gasteiger partial charge in [-0.1, -0.05) is 18.2 Å². The Bertz CT molecular complexity index is 327. The second-order valence-electron chi connectivity index (χ2n) is 3.84. The molecule has 1 saturated heterocycles. The molecule has 15 heavy (non-hydrogen) atoms. The Balaban J connectivity index is 2.15. The van der Waals surface area contributed by atoms with Crippen molar-refractivity contribution in [2.75, 3.05) is 27.4 Å². The molecule has 3 heteroatoms. The fourth-order valence-electron chi connectivity index (χ4n) is 2.06. The topological polar surface area (TPSA) is 30.5 Å². The maximum absolute atomic E-state index is 5.35. The Morgan fingerprint density at radius 2 is 2.13 bits per heavy atom. The fourth-order valence-corrected chi connectivity index (χ4v) is 2.06. The summed E-state index contributed by atoms with van der Waals surface area (Å²) >= 11 is 0. The van der Waals surface area contributed by atoms with Gasteiger partial charge in [-0.25, -0.2) is 0 Å². The van der Waals surface area contributed by atoms with Gasteiger partial charge in [-0.05, 0) is 6.07 Å². The van der Waals surface area contributed by atoms with Crippen LogP contribution in [0.5, 0.6) is 5.75 Å². The van der Waals surface area contributed by atoms with Crippen LogP contribution in [0, 0.1) is 5.92 Å². The zero-order valence-corrected chi connectivity index (χ0v) is 9.19. The van der Waals surface area contributed by atoms with E-state index in [-0.39, 0.29) is 0 Å². The molecule has 1 aliphatic rings. The predicted octanol–water partition coefficient (Wildman–Crippen LogP) is 1.60. The summed E-state index contributed by atoms with van der Waals surface area (Å²) in [7, 11) is 3.46. The van der Waals surface area contributed by atoms with E-state index < -0.39 is 0 Å². The molecule has 2 atom stereocenters. The number of hydrogen-bond donors (Lipinski definition) is 1. The van der Waals surface area contributed by atoms with Crippen molar-refractivity contribution in [2.24, 2.45) is 5.92 Å². The van der Waals surface area contributed by atoms with E-state index in [4.69, 9.17) is 9.47 Å². The second kappa shape index (κ2) is 4.64. The van der Waals surface area contributed by atoms with Gasteiger partial charge < -0.3 is 14.8 Å². The SMILES string of the molecule is COCC1CNC1c1ccccc1OC. The molecule has 2 rings (SSSR count). The Hall–Kier alpha value is -1.06. The second-order valence-corrected chi connectivity index (χ2v) is 3.84. The lowest BCUT2D eigenvalue weighted by Gasteiger charge is -2.38. The molecule has 0 aliphatic carbocycles. The summed E-state index contributed by atoms with van der Waals surface area (Å²) in [6.07, 6.45) is 0. The van der Waals surface area contributed by atoms with Crippen LogP contribution in [0.3, 0.4) is 0 Å². The van der Waals surface area contributed by atoms with Gasteiger partial charge in [0.15, 0.2) is 0 Å². The molecule has 1 N–H and O–H groups in total. The van der Waals surface area contributed by atoms with Gasteiger partial charge in [0.1, 0.15) is 5.75 Å². The molecular formula is C12H17NO2. The fraction of sp³-hybridized carbons (Fsp3) is 0.500. The summed E-state index contributed by atoms with van der Waals surface area (Å²) in [6.45, 7) is 1.83. The molecule has 1 fully saturated rings. The van der Waals surface area contributed by atoms with Crippen LogP contribution in [0.15, 0.2) is 24.3 Å². The van der Waals surface area contributed by atoms with Crippen LogP contribution >= 0.6 is 0 Å². The normalized spacial score (nSPS) is 24.7. The highest BCUT2D eigenvalue weighted by Crippen LogP contribution is 2.34. The molecular weight excluding hydrogens is 190 g/mol. The monoisotopic (exact) mass is 207 g/mol. The maximum atomic E-state index is 5.35. The highest BCUT2D eigenvalue weighted by molar-refractivity contribution is 5.37. The zero-order chi connectivity index (χ0) is 10.7. The van der Waals surface area contributed by atoms with Crippen LogP contribution < -0.4 is 10.1 Å². The molecule has 1 aromatic rings. The van der Waals surface area contributed by atoms with Crippen LogP contribution in [-0.2, 0) is 4.74 Å². The summed E-state index contributed by atoms with van der Waals surface area (Å²) in [4.78, 5) is 0. The van der Waals surface area contributed by atoms with Gasteiger partial charge in [0.2, 0.25) is 0 Å². The Kier molecular flexibility index (Phi) is 3.23. The van der Waals surface area contributed by atoms with Crippen LogP contribution in [0.1, 0.15) is 11.6 Å². The predicted molar refractivity (Wildman–Crippen MR) is 59.1 cm³/mol. The van der Waals surface area contributed by atoms with E-state index in [0.29, 0.717) is 12.0 Å². The molecule has 0 spiro atoms. The summed E-state index contributed by atoms with van der Waals surface area (Å²) in [6, 6.07) is 8.52. The summed E-state index contributed by atoms with van der Waals surface area (Å²) < 4.78 is 10.5. The minimum Gasteiger partial charge on any atom is -0.496 e. The number of nitrogens with one attached hydrogen (secondary N) is 1. The third-order valence-corrected chi connectivity index (χ3v) is 2.93. The molecule has 82 valence electrons. The van der Waals surface area contributed by atoms with Crippen LogP contribution in [-0.4, -0.2) is 27.4 Å². The first-order valence-corrected chi connectivity index (χ1v) is 5.22. The molecule has 0 saturated carbocycles. The molecule has 0 bridgehead atoms. The molecule has 1 heterocycles. The number of methoxy groups -OCH3 is 2. The minimum absolute atomic E-state index is 0.376. The first kappa shape index (κ1) is 10.5. The van der Waals surface area contributed by atoms with E-state index in [1.165, 1.54) is 5.56 Å². The van der Waals surface area contributed by atoms with E-state index in [9.17, 15) is 0 Å². The molecule has 0 amide bonds. The quantitative estimate of drug-likeness (QED) is 0.813. The molecule has 1 aliphatic heterocycles. The van der Waals surface area contributed by atoms with Crippen molar-refractivity contribution in [1.82, 2.24) is 5.32 Å². The van der Waals surface area contributed by atoms with Gasteiger partial charge in [-0.15, -0.1) is 0 Å². The van der Waals surface area contributed by atoms with Gasteiger partial charge in [-0.3, -0.25) is 0 Å². The highest BCUT2D eigenvalue weighted by atomic mass is 16.5. The third-order valence-electron chi connectivity index (χ3n) is 2.93. The number of rotatable bonds is 4. The smallest absolute Gasteiger partial charge is 0.123 e. The summed E-state index contributed by atoms with van der Waals surface area (Å²) in [5, 5.41) is 3.41. The van der Waals surface area contributed by atoms with Gasteiger partial charge >= 0.3 is 0 Å². The van der Waals surface area contributed by atoms with Crippen LogP contribution in [0.2, 0.25) is 0 Å². The molecule has 2 unspecified atom stereocenters. The van der Waals surface area contributed by atoms with Crippen molar-refractivity contribution in [3.05, 3.63) is 29.8 Å². The summed E-state index contributed by atoms with van der Waals surface area (Å²) in [5.41, 5.74) is 1.23. The van der Waals surface area contributed by atoms with E-state index in [1.54, 1.807) is 14.2 Å². The van der Waals surface area contributed by atoms with Gasteiger partial charge in [0, 0.05) is 31.2 Å². The van der Waals surface area contributed by atoms with E-state index in [2.05, 4.69) is 11.4 Å². The lowest BCUT2D eigenvalue weighted by Crippen LogP contribution is -2.47. The minimum atomic E-state index is 0.376. The van der Waals surface area contributed by atoms with Crippen LogP contribution in [0.25, 0.3) is 0 Å². The first-order valence-electron chi connectivity index (χ1n) is 5.22. The van der Waals surface area contributed by atoms with Crippen molar-refractivity contribution >= 4 is 0 Å². The molecule has 1 aromatic carbocycles. The third kappa shape index (κ3) is 1.98. The first-order chi connectivity index (χ1) is 7.36. The molecule has 0 radical (unpaired) electrons. The largest absolute Gasteiger partial charge is 0.496 e. The highest BCUT2D eigenvalue weighted by Gasteiger charge is 2.33. The Morgan fingerprint density at radius 3 is 2.73 bits per heavy atom. The number of benzene rings is 1. The number of ether oxygens (including phenoxy) is 2. The maximum Gasteiger partial charge on any atom is 0.123 e. The molecule has 0 aromatic heterocycles. The van der Waals surface area contributed by atoms with E-state index in [0.717, 1.165) is 18.9 Å². The average Bonchev–Trinajstić information content (AvgIpc) is 2.25. The van der Waals surface area contributed by atoms with Crippen molar-refractivity contribution in [3.63, 3.8) is 0 Å². The average molecular weight is 207 g/mol. The van der Waals surface area contributed by atoms with Gasteiger partial charge in [0.25, 0.3) is 0 Å². The number of para-hydroxylation sites is 1. The van der Waals surface area contributed by atoms with Crippen LogP contribution in [0.4, 0.5) is 0 Å². The summed E-state index contributed by atoms with van der Waals surface area (Å²) in [5.74, 6) is 1.52. The van der Waals surface area contributed by atoms with Crippen molar-refractivity contribution in [1.29, 1.82) is 0 Å². The van der Waals surface area contributed by atoms with E-state index >= 15 is 0 Å². The lowest BCUT2D eigenvalue weighted by atomic mass is 9.86. The number of hydrogen-bond acceptors (Lipinski definition) is 3. The molecule has 3 nitrogen and oxygen atoms in total. The van der Waals surface area contributed by atoms with Gasteiger partial charge in [-0.2, -0.15) is 0 Å². The van der Waals surface area contributed by atoms with Crippen molar-refractivity contribution in [2.45, 2.75) is 6.04 Å². The Labute approximate surface area is 90.4 Å². The Morgan fingerprint density at radius 1 is 1.33 bits per heavy atom.